The number of nitrogens with zero attached hydrogens (tertiary/aromatic N) is 1. The molecule has 20 heavy (non-hydrogen) atoms. The van der Waals surface area contributed by atoms with Crippen molar-refractivity contribution in [3.63, 3.8) is 0 Å². The summed E-state index contributed by atoms with van der Waals surface area (Å²) < 4.78 is 5.44. The summed E-state index contributed by atoms with van der Waals surface area (Å²) in [6, 6.07) is 7.74. The van der Waals surface area contributed by atoms with Gasteiger partial charge in [0.15, 0.2) is 0 Å². The molecule has 0 atom stereocenters. The fraction of sp³-hybridized carbons (Fsp3) is 0.400. The lowest BCUT2D eigenvalue weighted by molar-refractivity contribution is 0.0668. The molecular weight excluding hydrogens is 295 g/mol. The van der Waals surface area contributed by atoms with E-state index in [1.54, 1.807) is 6.20 Å². The van der Waals surface area contributed by atoms with Gasteiger partial charge in [-0.3, -0.25) is 4.98 Å². The molecule has 0 bridgehead atoms. The summed E-state index contributed by atoms with van der Waals surface area (Å²) in [7, 11) is 0. The number of alkyl halides is 1. The van der Waals surface area contributed by atoms with Crippen LogP contribution in [0.1, 0.15) is 12.8 Å². The third-order valence-corrected chi connectivity index (χ3v) is 4.56. The highest BCUT2D eigenvalue weighted by Crippen LogP contribution is 2.31. The van der Waals surface area contributed by atoms with Crippen molar-refractivity contribution in [3.8, 4) is 0 Å². The van der Waals surface area contributed by atoms with Gasteiger partial charge >= 0.3 is 0 Å². The maximum Gasteiger partial charge on any atom is 0.0737 e. The van der Waals surface area contributed by atoms with Crippen molar-refractivity contribution in [1.29, 1.82) is 0 Å². The molecule has 1 aromatic carbocycles. The van der Waals surface area contributed by atoms with Crippen molar-refractivity contribution in [2.45, 2.75) is 18.4 Å². The molecule has 0 unspecified atom stereocenters. The van der Waals surface area contributed by atoms with Crippen molar-refractivity contribution >= 4 is 39.8 Å². The van der Waals surface area contributed by atoms with E-state index in [2.05, 4.69) is 10.3 Å². The molecule has 1 saturated heterocycles. The molecular formula is C15H16Cl2N2O. The van der Waals surface area contributed by atoms with E-state index in [0.717, 1.165) is 42.6 Å². The summed E-state index contributed by atoms with van der Waals surface area (Å²) in [6.07, 6.45) is 3.62. The van der Waals surface area contributed by atoms with Gasteiger partial charge in [-0.05, 0) is 37.1 Å². The molecule has 2 heterocycles. The van der Waals surface area contributed by atoms with Crippen LogP contribution in [0.3, 0.4) is 0 Å². The molecule has 106 valence electrons. The average Bonchev–Trinajstić information content (AvgIpc) is 2.48. The molecule has 1 aliphatic heterocycles. The Bertz CT molecular complexity index is 612. The van der Waals surface area contributed by atoms with E-state index in [9.17, 15) is 0 Å². The number of pyridine rings is 1. The van der Waals surface area contributed by atoms with Gasteiger partial charge in [0, 0.05) is 41.4 Å². The summed E-state index contributed by atoms with van der Waals surface area (Å²) in [4.78, 5) is 4.36. The van der Waals surface area contributed by atoms with Gasteiger partial charge in [-0.1, -0.05) is 11.6 Å². The zero-order valence-corrected chi connectivity index (χ0v) is 12.5. The van der Waals surface area contributed by atoms with E-state index in [0.29, 0.717) is 10.9 Å². The van der Waals surface area contributed by atoms with Gasteiger partial charge in [-0.2, -0.15) is 0 Å². The summed E-state index contributed by atoms with van der Waals surface area (Å²) in [6.45, 7) is 1.49. The predicted molar refractivity (Wildman–Crippen MR) is 83.9 cm³/mol. The molecule has 0 amide bonds. The summed E-state index contributed by atoms with van der Waals surface area (Å²) in [5.41, 5.74) is 1.83. The van der Waals surface area contributed by atoms with Gasteiger partial charge in [0.05, 0.1) is 11.1 Å². The average molecular weight is 311 g/mol. The van der Waals surface area contributed by atoms with Crippen LogP contribution in [0.5, 0.6) is 0 Å². The number of benzene rings is 1. The van der Waals surface area contributed by atoms with Crippen LogP contribution < -0.4 is 5.32 Å². The lowest BCUT2D eigenvalue weighted by atomic mass is 9.91. The standard InChI is InChI=1S/C15H16Cl2N2O/c16-10-15(4-7-20-8-5-15)19-13-3-6-18-14-9-11(17)1-2-12(13)14/h1-3,6,9H,4-5,7-8,10H2,(H,18,19). The third kappa shape index (κ3) is 2.71. The molecule has 0 saturated carbocycles. The Kier molecular flexibility index (Phi) is 4.01. The Hall–Kier alpha value is -1.03. The van der Waals surface area contributed by atoms with Crippen LogP contribution in [-0.2, 0) is 4.74 Å². The van der Waals surface area contributed by atoms with Gasteiger partial charge in [-0.25, -0.2) is 0 Å². The van der Waals surface area contributed by atoms with Crippen molar-refractivity contribution in [1.82, 2.24) is 4.98 Å². The maximum absolute atomic E-state index is 6.21. The van der Waals surface area contributed by atoms with Gasteiger partial charge in [0.2, 0.25) is 0 Å². The number of hydrogen-bond acceptors (Lipinski definition) is 3. The Labute approximate surface area is 128 Å². The molecule has 2 aromatic rings. The van der Waals surface area contributed by atoms with Crippen molar-refractivity contribution in [3.05, 3.63) is 35.5 Å². The molecule has 3 rings (SSSR count). The Morgan fingerprint density at radius 1 is 1.25 bits per heavy atom. The number of aromatic nitrogens is 1. The number of fused-ring (bicyclic) bond motifs is 1. The Balaban J connectivity index is 1.97. The maximum atomic E-state index is 6.21. The van der Waals surface area contributed by atoms with Gasteiger partial charge in [0.25, 0.3) is 0 Å². The molecule has 0 aliphatic carbocycles. The molecule has 1 N–H and O–H groups in total. The van der Waals surface area contributed by atoms with Gasteiger partial charge in [-0.15, -0.1) is 11.6 Å². The van der Waals surface area contributed by atoms with E-state index in [-0.39, 0.29) is 5.54 Å². The van der Waals surface area contributed by atoms with Crippen LogP contribution in [0.25, 0.3) is 10.9 Å². The van der Waals surface area contributed by atoms with Crippen molar-refractivity contribution in [2.75, 3.05) is 24.4 Å². The fourth-order valence-electron chi connectivity index (χ4n) is 2.57. The molecule has 5 heteroatoms. The summed E-state index contributed by atoms with van der Waals surface area (Å²) in [5, 5.41) is 5.37. The quantitative estimate of drug-likeness (QED) is 0.867. The predicted octanol–water partition coefficient (Wildman–Crippen LogP) is 4.09. The monoisotopic (exact) mass is 310 g/mol. The Morgan fingerprint density at radius 3 is 2.80 bits per heavy atom. The van der Waals surface area contributed by atoms with E-state index < -0.39 is 0 Å². The number of ether oxygens (including phenoxy) is 1. The normalized spacial score (nSPS) is 18.1. The first-order valence-electron chi connectivity index (χ1n) is 6.69. The Morgan fingerprint density at radius 2 is 2.05 bits per heavy atom. The first-order valence-corrected chi connectivity index (χ1v) is 7.60. The molecule has 0 spiro atoms. The van der Waals surface area contributed by atoms with Crippen LogP contribution in [-0.4, -0.2) is 29.6 Å². The number of nitrogens with one attached hydrogen (secondary N) is 1. The number of rotatable bonds is 3. The molecule has 3 nitrogen and oxygen atoms in total. The SMILES string of the molecule is ClCC1(Nc2ccnc3cc(Cl)ccc23)CCOCC1. The number of hydrogen-bond donors (Lipinski definition) is 1. The topological polar surface area (TPSA) is 34.2 Å². The molecule has 1 fully saturated rings. The smallest absolute Gasteiger partial charge is 0.0737 e. The van der Waals surface area contributed by atoms with Crippen LogP contribution in [0.15, 0.2) is 30.5 Å². The zero-order valence-electron chi connectivity index (χ0n) is 11.0. The van der Waals surface area contributed by atoms with Gasteiger partial charge < -0.3 is 10.1 Å². The molecule has 1 aromatic heterocycles. The lowest BCUT2D eigenvalue weighted by Gasteiger charge is -2.37. The minimum Gasteiger partial charge on any atom is -0.381 e. The van der Waals surface area contributed by atoms with E-state index >= 15 is 0 Å². The first kappa shape index (κ1) is 13.9. The summed E-state index contributed by atoms with van der Waals surface area (Å²) in [5.74, 6) is 0.563. The molecule has 0 radical (unpaired) electrons. The lowest BCUT2D eigenvalue weighted by Crippen LogP contribution is -2.45. The second kappa shape index (κ2) is 5.76. The minimum absolute atomic E-state index is 0.103. The largest absolute Gasteiger partial charge is 0.381 e. The van der Waals surface area contributed by atoms with E-state index in [4.69, 9.17) is 27.9 Å². The second-order valence-corrected chi connectivity index (χ2v) is 5.88. The third-order valence-electron chi connectivity index (χ3n) is 3.81. The first-order chi connectivity index (χ1) is 9.72. The van der Waals surface area contributed by atoms with Crippen LogP contribution in [0.2, 0.25) is 5.02 Å². The fourth-order valence-corrected chi connectivity index (χ4v) is 3.07. The zero-order chi connectivity index (χ0) is 14.0. The van der Waals surface area contributed by atoms with E-state index in [1.165, 1.54) is 0 Å². The van der Waals surface area contributed by atoms with Crippen LogP contribution in [0.4, 0.5) is 5.69 Å². The highest BCUT2D eigenvalue weighted by atomic mass is 35.5. The second-order valence-electron chi connectivity index (χ2n) is 5.17. The highest BCUT2D eigenvalue weighted by Gasteiger charge is 2.32. The van der Waals surface area contributed by atoms with E-state index in [1.807, 2.05) is 24.3 Å². The minimum atomic E-state index is -0.103. The highest BCUT2D eigenvalue weighted by molar-refractivity contribution is 6.31. The van der Waals surface area contributed by atoms with Crippen molar-refractivity contribution in [2.24, 2.45) is 0 Å². The van der Waals surface area contributed by atoms with Gasteiger partial charge in [0.1, 0.15) is 0 Å². The number of halogens is 2. The van der Waals surface area contributed by atoms with Crippen LogP contribution >= 0.6 is 23.2 Å². The molecule has 1 aliphatic rings. The summed E-state index contributed by atoms with van der Waals surface area (Å²) >= 11 is 12.2. The number of anilines is 1. The van der Waals surface area contributed by atoms with Crippen molar-refractivity contribution < 1.29 is 4.74 Å². The van der Waals surface area contributed by atoms with Crippen LogP contribution in [0, 0.1) is 0 Å².